The molecule has 9 heteroatoms. The van der Waals surface area contributed by atoms with Crippen LogP contribution >= 0.6 is 0 Å². The number of hydroxylamine groups is 1. The van der Waals surface area contributed by atoms with Gasteiger partial charge in [0, 0.05) is 24.4 Å². The molecule has 1 aromatic heterocycles. The number of amides is 1. The highest BCUT2D eigenvalue weighted by Crippen LogP contribution is 2.22. The van der Waals surface area contributed by atoms with Crippen molar-refractivity contribution in [3.8, 4) is 11.1 Å². The second kappa shape index (κ2) is 7.16. The first-order valence-corrected chi connectivity index (χ1v) is 9.35. The first-order valence-electron chi connectivity index (χ1n) is 7.46. The molecule has 0 aliphatic rings. The molecule has 0 aliphatic heterocycles. The Hall–Kier alpha value is -2.52. The first kappa shape index (κ1) is 18.8. The summed E-state index contributed by atoms with van der Waals surface area (Å²) in [5.74, 6) is -1.05. The fraction of sp³-hybridized carbons (Fsp3) is 0.312. The summed E-state index contributed by atoms with van der Waals surface area (Å²) < 4.78 is 23.0. The summed E-state index contributed by atoms with van der Waals surface area (Å²) in [5, 5.41) is 12.8. The monoisotopic (exact) mass is 365 g/mol. The van der Waals surface area contributed by atoms with E-state index in [9.17, 15) is 18.0 Å². The topological polar surface area (TPSA) is 118 Å². The lowest BCUT2D eigenvalue weighted by Gasteiger charge is -2.25. The number of aryl methyl sites for hydroxylation is 1. The predicted molar refractivity (Wildman–Crippen MR) is 91.7 cm³/mol. The van der Waals surface area contributed by atoms with Gasteiger partial charge in [-0.25, -0.2) is 18.6 Å². The molecule has 2 aromatic rings. The van der Waals surface area contributed by atoms with Gasteiger partial charge in [-0.1, -0.05) is 30.3 Å². The van der Waals surface area contributed by atoms with Crippen LogP contribution in [0.1, 0.15) is 13.3 Å². The minimum Gasteiger partial charge on any atom is -0.289 e. The van der Waals surface area contributed by atoms with Crippen LogP contribution in [0.25, 0.3) is 11.1 Å². The smallest absolute Gasteiger partial charge is 0.267 e. The number of aromatic nitrogens is 2. The molecular weight excluding hydrogens is 346 g/mol. The lowest BCUT2D eigenvalue weighted by Crippen LogP contribution is -2.50. The van der Waals surface area contributed by atoms with Gasteiger partial charge in [-0.15, -0.1) is 0 Å². The molecule has 0 saturated heterocycles. The maximum atomic E-state index is 12.2. The fourth-order valence-corrected chi connectivity index (χ4v) is 3.14. The van der Waals surface area contributed by atoms with Gasteiger partial charge in [-0.3, -0.25) is 14.8 Å². The van der Waals surface area contributed by atoms with Crippen LogP contribution in [0.2, 0.25) is 0 Å². The molecule has 0 unspecified atom stereocenters. The zero-order valence-corrected chi connectivity index (χ0v) is 14.7. The Morgan fingerprint density at radius 2 is 1.92 bits per heavy atom. The number of carbonyl (C=O) groups excluding carboxylic acids is 1. The van der Waals surface area contributed by atoms with E-state index in [-0.39, 0.29) is 13.0 Å². The Labute approximate surface area is 145 Å². The van der Waals surface area contributed by atoms with E-state index in [0.29, 0.717) is 5.56 Å². The molecular formula is C16H19N3O5S. The van der Waals surface area contributed by atoms with Gasteiger partial charge < -0.3 is 0 Å². The Bertz CT molecular complexity index is 924. The molecule has 1 amide bonds. The van der Waals surface area contributed by atoms with Crippen LogP contribution in [-0.2, 0) is 21.2 Å². The third-order valence-corrected chi connectivity index (χ3v) is 6.20. The van der Waals surface area contributed by atoms with Gasteiger partial charge in [0.05, 0.1) is 6.20 Å². The van der Waals surface area contributed by atoms with E-state index in [1.807, 2.05) is 30.3 Å². The van der Waals surface area contributed by atoms with Crippen LogP contribution in [0, 0.1) is 0 Å². The van der Waals surface area contributed by atoms with Crippen molar-refractivity contribution >= 4 is 15.7 Å². The minimum absolute atomic E-state index is 0.0924. The van der Waals surface area contributed by atoms with Gasteiger partial charge in [0.2, 0.25) is 0 Å². The number of benzene rings is 1. The lowest BCUT2D eigenvalue weighted by molar-refractivity contribution is -0.131. The molecule has 0 saturated carbocycles. The summed E-state index contributed by atoms with van der Waals surface area (Å²) in [6.07, 6.45) is 2.19. The van der Waals surface area contributed by atoms with Crippen molar-refractivity contribution < 1.29 is 18.4 Å². The lowest BCUT2D eigenvalue weighted by atomic mass is 10.1. The highest BCUT2D eigenvalue weighted by atomic mass is 32.2. The van der Waals surface area contributed by atoms with Gasteiger partial charge >= 0.3 is 0 Å². The molecule has 0 radical (unpaired) electrons. The maximum absolute atomic E-state index is 12.2. The molecule has 1 aromatic carbocycles. The second-order valence-corrected chi connectivity index (χ2v) is 8.31. The van der Waals surface area contributed by atoms with Gasteiger partial charge in [-0.05, 0) is 18.9 Å². The number of rotatable bonds is 6. The molecule has 2 rings (SSSR count). The molecule has 0 aliphatic carbocycles. The van der Waals surface area contributed by atoms with Crippen LogP contribution in [-0.4, -0.2) is 40.3 Å². The number of hydrogen-bond acceptors (Lipinski definition) is 6. The van der Waals surface area contributed by atoms with E-state index in [1.54, 1.807) is 0 Å². The Morgan fingerprint density at radius 1 is 1.28 bits per heavy atom. The summed E-state index contributed by atoms with van der Waals surface area (Å²) in [4.78, 5) is 24.0. The van der Waals surface area contributed by atoms with E-state index in [4.69, 9.17) is 5.21 Å². The second-order valence-electron chi connectivity index (χ2n) is 5.87. The number of sulfone groups is 1. The molecule has 8 nitrogen and oxygen atoms in total. The highest BCUT2D eigenvalue weighted by molar-refractivity contribution is 7.92. The van der Waals surface area contributed by atoms with Crippen LogP contribution < -0.4 is 11.0 Å². The van der Waals surface area contributed by atoms with E-state index in [2.05, 4.69) is 5.10 Å². The average molecular weight is 365 g/mol. The summed E-state index contributed by atoms with van der Waals surface area (Å²) in [6, 6.07) is 10.6. The normalized spacial score (nSPS) is 13.9. The zero-order valence-electron chi connectivity index (χ0n) is 13.8. The number of nitrogens with zero attached hydrogens (tertiary/aromatic N) is 2. The average Bonchev–Trinajstić information content (AvgIpc) is 2.59. The molecule has 2 N–H and O–H groups in total. The molecule has 0 bridgehead atoms. The highest BCUT2D eigenvalue weighted by Gasteiger charge is 2.43. The Kier molecular flexibility index (Phi) is 5.39. The van der Waals surface area contributed by atoms with Crippen molar-refractivity contribution in [2.75, 3.05) is 6.26 Å². The van der Waals surface area contributed by atoms with Gasteiger partial charge in [0.15, 0.2) is 14.6 Å². The molecule has 1 heterocycles. The third kappa shape index (κ3) is 3.94. The number of carbonyl (C=O) groups is 1. The molecule has 25 heavy (non-hydrogen) atoms. The summed E-state index contributed by atoms with van der Waals surface area (Å²) in [7, 11) is -3.83. The van der Waals surface area contributed by atoms with Gasteiger partial charge in [-0.2, -0.15) is 5.10 Å². The van der Waals surface area contributed by atoms with Crippen LogP contribution in [0.3, 0.4) is 0 Å². The van der Waals surface area contributed by atoms with Crippen molar-refractivity contribution in [1.29, 1.82) is 0 Å². The van der Waals surface area contributed by atoms with Crippen molar-refractivity contribution in [3.63, 3.8) is 0 Å². The molecule has 1 atom stereocenters. The molecule has 134 valence electrons. The first-order chi connectivity index (χ1) is 11.7. The van der Waals surface area contributed by atoms with Crippen molar-refractivity contribution in [2.45, 2.75) is 24.6 Å². The maximum Gasteiger partial charge on any atom is 0.267 e. The predicted octanol–water partition coefficient (Wildman–Crippen LogP) is 0.609. The fourth-order valence-electron chi connectivity index (χ4n) is 2.29. The minimum atomic E-state index is -3.83. The van der Waals surface area contributed by atoms with Crippen LogP contribution in [0.4, 0.5) is 0 Å². The quantitative estimate of drug-likeness (QED) is 0.572. The van der Waals surface area contributed by atoms with Crippen molar-refractivity contribution in [3.05, 3.63) is 52.9 Å². The van der Waals surface area contributed by atoms with Crippen LogP contribution in [0.5, 0.6) is 0 Å². The Morgan fingerprint density at radius 3 is 2.44 bits per heavy atom. The summed E-state index contributed by atoms with van der Waals surface area (Å²) >= 11 is 0. The number of nitrogens with one attached hydrogen (secondary N) is 1. The molecule has 0 fully saturated rings. The van der Waals surface area contributed by atoms with E-state index < -0.39 is 26.1 Å². The third-order valence-electron chi connectivity index (χ3n) is 4.18. The summed E-state index contributed by atoms with van der Waals surface area (Å²) in [5.41, 5.74) is 2.43. The van der Waals surface area contributed by atoms with Crippen molar-refractivity contribution in [1.82, 2.24) is 15.3 Å². The van der Waals surface area contributed by atoms with E-state index >= 15 is 0 Å². The van der Waals surface area contributed by atoms with Crippen LogP contribution in [0.15, 0.2) is 47.4 Å². The zero-order chi connectivity index (χ0) is 18.7. The SMILES string of the molecule is C[C@@](CCn1ncc(-c2ccccc2)cc1=O)(C(=O)NO)S(C)(=O)=O. The van der Waals surface area contributed by atoms with E-state index in [1.165, 1.54) is 24.7 Å². The summed E-state index contributed by atoms with van der Waals surface area (Å²) in [6.45, 7) is 1.10. The van der Waals surface area contributed by atoms with Crippen molar-refractivity contribution in [2.24, 2.45) is 0 Å². The Balaban J connectivity index is 2.26. The standard InChI is InChI=1S/C16H19N3O5S/c1-16(15(21)18-22,25(2,23)24)8-9-19-14(20)10-13(11-17-19)12-6-4-3-5-7-12/h3-7,10-11,22H,8-9H2,1-2H3,(H,18,21)/t16-/m1/s1. The van der Waals surface area contributed by atoms with Gasteiger partial charge in [0.25, 0.3) is 11.5 Å². The number of hydrogen-bond donors (Lipinski definition) is 2. The molecule has 0 spiro atoms. The van der Waals surface area contributed by atoms with E-state index in [0.717, 1.165) is 16.5 Å². The largest absolute Gasteiger partial charge is 0.289 e. The van der Waals surface area contributed by atoms with Gasteiger partial charge in [0.1, 0.15) is 0 Å².